The van der Waals surface area contributed by atoms with Gasteiger partial charge in [-0.1, -0.05) is 23.4 Å². The monoisotopic (exact) mass is 332 g/mol. The van der Waals surface area contributed by atoms with Crippen LogP contribution in [0.4, 0.5) is 35.8 Å². The van der Waals surface area contributed by atoms with Crippen LogP contribution in [0.1, 0.15) is 0 Å². The van der Waals surface area contributed by atoms with Gasteiger partial charge in [0.2, 0.25) is 11.9 Å². The van der Waals surface area contributed by atoms with E-state index in [4.69, 9.17) is 17.4 Å². The van der Waals surface area contributed by atoms with Gasteiger partial charge < -0.3 is 9.97 Å². The van der Waals surface area contributed by atoms with E-state index in [0.717, 1.165) is 0 Å². The van der Waals surface area contributed by atoms with Gasteiger partial charge in [-0.2, -0.15) is 15.9 Å². The van der Waals surface area contributed by atoms with Crippen molar-refractivity contribution >= 4 is 23.8 Å². The van der Waals surface area contributed by atoms with Crippen molar-refractivity contribution in [1.82, 2.24) is 20.4 Å². The number of hydrogen-bond donors (Lipinski definition) is 5. The van der Waals surface area contributed by atoms with Crippen LogP contribution in [-0.4, -0.2) is 25.9 Å². The largest absolute Gasteiger partial charge is 0.379 e. The molecule has 0 fully saturated rings. The summed E-state index contributed by atoms with van der Waals surface area (Å²) in [5, 5.41) is 7.18. The molecule has 124 valence electrons. The number of nitro groups is 1. The second-order valence-corrected chi connectivity index (χ2v) is 2.74. The maximum Gasteiger partial charge on any atom is 0.379 e. The van der Waals surface area contributed by atoms with Gasteiger partial charge in [0.25, 0.3) is 0 Å². The van der Waals surface area contributed by atoms with Gasteiger partial charge in [0.15, 0.2) is 0 Å². The van der Waals surface area contributed by atoms with Crippen LogP contribution in [0.5, 0.6) is 0 Å². The number of anilines is 2. The molecule has 1 heterocycles. The zero-order valence-corrected chi connectivity index (χ0v) is 10.2. The molecule has 1 aromatic rings. The highest BCUT2D eigenvalue weighted by Gasteiger charge is 2.12. The van der Waals surface area contributed by atoms with E-state index in [9.17, 15) is 28.0 Å². The predicted molar refractivity (Wildman–Crippen MR) is 60.9 cm³/mol. The Balaban J connectivity index is 0.000000626. The van der Waals surface area contributed by atoms with E-state index < -0.39 is 33.6 Å². The molecule has 0 aromatic carbocycles. The number of nitrogens with one attached hydrogen (secondary N) is 2. The van der Waals surface area contributed by atoms with Gasteiger partial charge in [-0.3, -0.25) is 11.6 Å². The van der Waals surface area contributed by atoms with Crippen molar-refractivity contribution in [2.75, 3.05) is 10.7 Å². The SMILES string of the molecule is NN/C(N)=[NH+]\N.O=[N+]([O-])[N-]c1nc(N(F)F)nc(N(F)F)n1. The van der Waals surface area contributed by atoms with Crippen LogP contribution in [0.15, 0.2) is 0 Å². The molecule has 0 atom stereocenters. The lowest BCUT2D eigenvalue weighted by molar-refractivity contribution is -0.472. The number of nitrogens with zero attached hydrogens (tertiary/aromatic N) is 7. The molecule has 14 nitrogen and oxygen atoms in total. The smallest absolute Gasteiger partial charge is 0.317 e. The summed E-state index contributed by atoms with van der Waals surface area (Å²) in [5.41, 5.74) is 9.38. The Morgan fingerprint density at radius 2 is 1.68 bits per heavy atom. The topological polar surface area (TPSA) is 206 Å². The van der Waals surface area contributed by atoms with Crippen LogP contribution in [0.3, 0.4) is 0 Å². The zero-order chi connectivity index (χ0) is 17.3. The van der Waals surface area contributed by atoms with E-state index in [1.807, 2.05) is 0 Å². The van der Waals surface area contributed by atoms with E-state index in [2.05, 4.69) is 30.9 Å². The van der Waals surface area contributed by atoms with Crippen LogP contribution in [-0.2, 0) is 0 Å². The molecule has 0 unspecified atom stereocenters. The first kappa shape index (κ1) is 18.6. The van der Waals surface area contributed by atoms with E-state index >= 15 is 0 Å². The lowest BCUT2D eigenvalue weighted by Gasteiger charge is -2.11. The Kier molecular flexibility index (Phi) is 7.32. The van der Waals surface area contributed by atoms with Crippen molar-refractivity contribution in [2.45, 2.75) is 0 Å². The number of rotatable bonds is 4. The quantitative estimate of drug-likeness (QED) is 0.0711. The van der Waals surface area contributed by atoms with Crippen molar-refractivity contribution < 1.29 is 28.1 Å². The van der Waals surface area contributed by atoms with Crippen LogP contribution in [0, 0.1) is 10.1 Å². The number of aromatic nitrogens is 3. The minimum atomic E-state index is -1.71. The minimum Gasteiger partial charge on any atom is -0.317 e. The van der Waals surface area contributed by atoms with E-state index in [0.29, 0.717) is 0 Å². The first-order valence-electron chi connectivity index (χ1n) is 4.62. The summed E-state index contributed by atoms with van der Waals surface area (Å²) in [7, 11) is 0. The molecular formula is C4H8F4N12O2. The second-order valence-electron chi connectivity index (χ2n) is 2.74. The fraction of sp³-hybridized carbons (Fsp3) is 0. The van der Waals surface area contributed by atoms with Gasteiger partial charge in [-0.05, 0) is 10.7 Å². The highest BCUT2D eigenvalue weighted by molar-refractivity contribution is 5.70. The van der Waals surface area contributed by atoms with Gasteiger partial charge >= 0.3 is 5.96 Å². The first-order valence-corrected chi connectivity index (χ1v) is 4.62. The number of hydrazone groups is 1. The Bertz CT molecular complexity index is 498. The standard InChI is InChI=1S/C3F4N7O2.CH7N5/c4-12(5)2-8-1(11-14(15)16)9-3(10-2)13(6)7;2-1(5-3)6-4/h;3-4H2,(H3,2,5,6)/q-1;/p+1. The molecule has 1 aromatic heterocycles. The summed E-state index contributed by atoms with van der Waals surface area (Å²) < 4.78 is 47.7. The van der Waals surface area contributed by atoms with Crippen LogP contribution >= 0.6 is 0 Å². The van der Waals surface area contributed by atoms with Crippen molar-refractivity contribution in [3.8, 4) is 0 Å². The Hall–Kier alpha value is -3.44. The Labute approximate surface area is 117 Å². The average Bonchev–Trinajstić information content (AvgIpc) is 2.45. The molecule has 0 saturated heterocycles. The normalized spacial score (nSPS) is 10.1. The fourth-order valence-corrected chi connectivity index (χ4v) is 0.654. The molecule has 0 spiro atoms. The highest BCUT2D eigenvalue weighted by Crippen LogP contribution is 2.21. The fourth-order valence-electron chi connectivity index (χ4n) is 0.654. The molecule has 0 saturated carbocycles. The molecule has 0 radical (unpaired) electrons. The van der Waals surface area contributed by atoms with Gasteiger partial charge in [0.05, 0.1) is 0 Å². The number of guanidine groups is 1. The van der Waals surface area contributed by atoms with Gasteiger partial charge in [0.1, 0.15) is 11.0 Å². The number of halogens is 4. The predicted octanol–water partition coefficient (Wildman–Crippen LogP) is -3.06. The van der Waals surface area contributed by atoms with Crippen LogP contribution in [0.25, 0.3) is 5.43 Å². The number of hydrogen-bond acceptors (Lipinski definition) is 9. The summed E-state index contributed by atoms with van der Waals surface area (Å²) in [5.74, 6) is 5.44. The molecule has 1 rings (SSSR count). The van der Waals surface area contributed by atoms with Crippen molar-refractivity contribution in [2.24, 2.45) is 17.4 Å². The van der Waals surface area contributed by atoms with Crippen molar-refractivity contribution in [1.29, 1.82) is 0 Å². The van der Waals surface area contributed by atoms with Gasteiger partial charge in [0, 0.05) is 0 Å². The minimum absolute atomic E-state index is 0.148. The van der Waals surface area contributed by atoms with Crippen LogP contribution in [0.2, 0.25) is 0 Å². The summed E-state index contributed by atoms with van der Waals surface area (Å²) >= 11 is 0. The van der Waals surface area contributed by atoms with E-state index in [1.54, 1.807) is 0 Å². The third kappa shape index (κ3) is 6.65. The summed E-state index contributed by atoms with van der Waals surface area (Å²) in [6, 6.07) is 0. The molecule has 8 N–H and O–H groups in total. The van der Waals surface area contributed by atoms with Gasteiger partial charge in [-0.25, -0.2) is 15.5 Å². The Morgan fingerprint density at radius 1 is 1.23 bits per heavy atom. The number of nitrogens with two attached hydrogens (primary N) is 3. The lowest BCUT2D eigenvalue weighted by atomic mass is 10.8. The van der Waals surface area contributed by atoms with E-state index in [-0.39, 0.29) is 5.96 Å². The maximum absolute atomic E-state index is 11.9. The third-order valence-corrected chi connectivity index (χ3v) is 1.38. The molecular weight excluding hydrogens is 324 g/mol. The highest BCUT2D eigenvalue weighted by atomic mass is 19.4. The summed E-state index contributed by atoms with van der Waals surface area (Å²) in [6.45, 7) is 0. The molecule has 22 heavy (non-hydrogen) atoms. The molecule has 18 heteroatoms. The van der Waals surface area contributed by atoms with Crippen LogP contribution < -0.4 is 38.6 Å². The molecule has 0 bridgehead atoms. The summed E-state index contributed by atoms with van der Waals surface area (Å²) in [6.07, 6.45) is 0. The lowest BCUT2D eigenvalue weighted by Crippen LogP contribution is -2.85. The second kappa shape index (κ2) is 8.68. The van der Waals surface area contributed by atoms with Crippen molar-refractivity contribution in [3.63, 3.8) is 0 Å². The molecule has 0 aliphatic rings. The molecule has 0 aliphatic carbocycles. The number of hydrazine groups is 2. The maximum atomic E-state index is 11.9. The van der Waals surface area contributed by atoms with Gasteiger partial charge in [-0.15, -0.1) is 0 Å². The molecule has 0 amide bonds. The first-order chi connectivity index (χ1) is 10.2. The third-order valence-electron chi connectivity index (χ3n) is 1.38. The van der Waals surface area contributed by atoms with E-state index in [1.165, 1.54) is 0 Å². The zero-order valence-electron chi connectivity index (χ0n) is 10.2. The summed E-state index contributed by atoms with van der Waals surface area (Å²) in [4.78, 5) is 17.9. The average molecular weight is 332 g/mol. The molecule has 0 aliphatic heterocycles. The Morgan fingerprint density at radius 3 is 1.91 bits per heavy atom. The van der Waals surface area contributed by atoms with Crippen molar-refractivity contribution in [3.05, 3.63) is 15.5 Å².